The minimum atomic E-state index is -3.49. The van der Waals surface area contributed by atoms with Crippen LogP contribution in [0.3, 0.4) is 0 Å². The van der Waals surface area contributed by atoms with Crippen molar-refractivity contribution in [1.29, 1.82) is 0 Å². The molecule has 7 nitrogen and oxygen atoms in total. The van der Waals surface area contributed by atoms with Gasteiger partial charge in [0, 0.05) is 26.2 Å². The second-order valence-electron chi connectivity index (χ2n) is 7.40. The Morgan fingerprint density at radius 1 is 1.00 bits per heavy atom. The Bertz CT molecular complexity index is 1180. The average Bonchev–Trinajstić information content (AvgIpc) is 2.73. The predicted molar refractivity (Wildman–Crippen MR) is 112 cm³/mol. The van der Waals surface area contributed by atoms with Crippen LogP contribution >= 0.6 is 0 Å². The molecule has 8 heteroatoms. The fourth-order valence-corrected chi connectivity index (χ4v) is 5.09. The van der Waals surface area contributed by atoms with Crippen molar-refractivity contribution >= 4 is 20.9 Å². The van der Waals surface area contributed by atoms with Crippen molar-refractivity contribution in [2.75, 3.05) is 26.2 Å². The van der Waals surface area contributed by atoms with E-state index in [-0.39, 0.29) is 11.6 Å². The number of H-pyrrole nitrogens is 1. The number of fused-ring (bicyclic) bond motifs is 1. The molecule has 1 atom stereocenters. The standard InChI is InChI=1S/C21H24N4O3S/c1-15-7-9-17(10-8-15)29(27,28)25-13-11-24(12-14-25)16(2)20-22-19-6-4-3-5-18(19)21(26)23-20/h3-10,16H,11-14H2,1-2H3,(H,22,23,26)/t16-/m1/s1. The lowest BCUT2D eigenvalue weighted by Crippen LogP contribution is -2.49. The zero-order valence-electron chi connectivity index (χ0n) is 16.5. The molecule has 0 amide bonds. The summed E-state index contributed by atoms with van der Waals surface area (Å²) in [6.07, 6.45) is 0. The first-order valence-corrected chi connectivity index (χ1v) is 11.1. The molecule has 2 heterocycles. The van der Waals surface area contributed by atoms with Crippen molar-refractivity contribution in [1.82, 2.24) is 19.2 Å². The van der Waals surface area contributed by atoms with Crippen molar-refractivity contribution < 1.29 is 8.42 Å². The number of rotatable bonds is 4. The fraction of sp³-hybridized carbons (Fsp3) is 0.333. The summed E-state index contributed by atoms with van der Waals surface area (Å²) in [5.74, 6) is 0.601. The number of nitrogens with zero attached hydrogens (tertiary/aromatic N) is 3. The van der Waals surface area contributed by atoms with E-state index in [1.165, 1.54) is 4.31 Å². The van der Waals surface area contributed by atoms with E-state index in [4.69, 9.17) is 0 Å². The average molecular weight is 413 g/mol. The summed E-state index contributed by atoms with van der Waals surface area (Å²) >= 11 is 0. The molecule has 0 bridgehead atoms. The van der Waals surface area contributed by atoms with Crippen LogP contribution in [0.2, 0.25) is 0 Å². The van der Waals surface area contributed by atoms with Crippen molar-refractivity contribution in [3.63, 3.8) is 0 Å². The predicted octanol–water partition coefficient (Wildman–Crippen LogP) is 2.30. The highest BCUT2D eigenvalue weighted by Crippen LogP contribution is 2.23. The maximum absolute atomic E-state index is 12.9. The maximum Gasteiger partial charge on any atom is 0.258 e. The Labute approximate surface area is 170 Å². The number of hydrogen-bond acceptors (Lipinski definition) is 5. The van der Waals surface area contributed by atoms with Gasteiger partial charge in [0.15, 0.2) is 0 Å². The second-order valence-corrected chi connectivity index (χ2v) is 9.34. The van der Waals surface area contributed by atoms with Gasteiger partial charge >= 0.3 is 0 Å². The van der Waals surface area contributed by atoms with Crippen LogP contribution < -0.4 is 5.56 Å². The van der Waals surface area contributed by atoms with Crippen molar-refractivity contribution in [2.45, 2.75) is 24.8 Å². The summed E-state index contributed by atoms with van der Waals surface area (Å²) < 4.78 is 27.3. The molecule has 1 aliphatic rings. The monoisotopic (exact) mass is 412 g/mol. The lowest BCUT2D eigenvalue weighted by atomic mass is 10.2. The molecule has 4 rings (SSSR count). The van der Waals surface area contributed by atoms with Crippen LogP contribution in [-0.4, -0.2) is 53.8 Å². The van der Waals surface area contributed by atoms with Crippen LogP contribution in [0.5, 0.6) is 0 Å². The molecule has 1 saturated heterocycles. The Kier molecular flexibility index (Phi) is 5.24. The lowest BCUT2D eigenvalue weighted by molar-refractivity contribution is 0.141. The third-order valence-corrected chi connectivity index (χ3v) is 7.42. The molecule has 2 aromatic carbocycles. The van der Waals surface area contributed by atoms with E-state index in [2.05, 4.69) is 14.9 Å². The molecule has 0 unspecified atom stereocenters. The second kappa shape index (κ2) is 7.70. The first-order chi connectivity index (χ1) is 13.9. The minimum Gasteiger partial charge on any atom is -0.309 e. The van der Waals surface area contributed by atoms with Gasteiger partial charge in [-0.1, -0.05) is 29.8 Å². The van der Waals surface area contributed by atoms with Gasteiger partial charge in [0.1, 0.15) is 5.82 Å². The summed E-state index contributed by atoms with van der Waals surface area (Å²) in [6.45, 7) is 5.86. The quantitative estimate of drug-likeness (QED) is 0.711. The Morgan fingerprint density at radius 2 is 1.66 bits per heavy atom. The van der Waals surface area contributed by atoms with E-state index < -0.39 is 10.0 Å². The van der Waals surface area contributed by atoms with Crippen LogP contribution in [-0.2, 0) is 10.0 Å². The highest BCUT2D eigenvalue weighted by Gasteiger charge is 2.31. The van der Waals surface area contributed by atoms with Crippen LogP contribution in [0, 0.1) is 6.92 Å². The molecule has 0 radical (unpaired) electrons. The van der Waals surface area contributed by atoms with Crippen molar-refractivity contribution in [2.24, 2.45) is 0 Å². The summed E-state index contributed by atoms with van der Waals surface area (Å²) in [6, 6.07) is 14.1. The molecule has 1 N–H and O–H groups in total. The zero-order chi connectivity index (χ0) is 20.6. The number of aromatic nitrogens is 2. The molecule has 0 aliphatic carbocycles. The van der Waals surface area contributed by atoms with Gasteiger partial charge in [0.05, 0.1) is 21.8 Å². The molecule has 0 spiro atoms. The Hall–Kier alpha value is -2.55. The van der Waals surface area contributed by atoms with E-state index in [9.17, 15) is 13.2 Å². The van der Waals surface area contributed by atoms with E-state index in [1.807, 2.05) is 44.2 Å². The van der Waals surface area contributed by atoms with Crippen LogP contribution in [0.1, 0.15) is 24.4 Å². The van der Waals surface area contributed by atoms with Gasteiger partial charge in [0.2, 0.25) is 10.0 Å². The normalized spacial score (nSPS) is 17.4. The number of sulfonamides is 1. The van der Waals surface area contributed by atoms with E-state index >= 15 is 0 Å². The molecule has 1 aromatic heterocycles. The highest BCUT2D eigenvalue weighted by molar-refractivity contribution is 7.89. The molecule has 3 aromatic rings. The first kappa shape index (κ1) is 19.8. The van der Waals surface area contributed by atoms with Gasteiger partial charge in [-0.25, -0.2) is 13.4 Å². The van der Waals surface area contributed by atoms with E-state index in [0.29, 0.717) is 47.8 Å². The van der Waals surface area contributed by atoms with Crippen LogP contribution in [0.4, 0.5) is 0 Å². The van der Waals surface area contributed by atoms with Crippen LogP contribution in [0.25, 0.3) is 10.9 Å². The van der Waals surface area contributed by atoms with E-state index in [0.717, 1.165) is 5.56 Å². The molecule has 29 heavy (non-hydrogen) atoms. The third kappa shape index (κ3) is 3.83. The number of benzene rings is 2. The summed E-state index contributed by atoms with van der Waals surface area (Å²) in [5, 5.41) is 0.567. The number of aromatic amines is 1. The lowest BCUT2D eigenvalue weighted by Gasteiger charge is -2.37. The number of hydrogen-bond donors (Lipinski definition) is 1. The van der Waals surface area contributed by atoms with Gasteiger partial charge in [0.25, 0.3) is 5.56 Å². The third-order valence-electron chi connectivity index (χ3n) is 5.51. The summed E-state index contributed by atoms with van der Waals surface area (Å²) in [5.41, 5.74) is 1.54. The number of para-hydroxylation sites is 1. The first-order valence-electron chi connectivity index (χ1n) is 9.66. The number of aryl methyl sites for hydroxylation is 1. The molecule has 152 valence electrons. The molecular weight excluding hydrogens is 388 g/mol. The molecule has 1 fully saturated rings. The minimum absolute atomic E-state index is 0.114. The molecular formula is C21H24N4O3S. The molecule has 0 saturated carbocycles. The van der Waals surface area contributed by atoms with E-state index in [1.54, 1.807) is 18.2 Å². The van der Waals surface area contributed by atoms with Gasteiger partial charge in [-0.05, 0) is 38.1 Å². The molecule has 1 aliphatic heterocycles. The Balaban J connectivity index is 1.49. The number of piperazine rings is 1. The fourth-order valence-electron chi connectivity index (χ4n) is 3.67. The van der Waals surface area contributed by atoms with Crippen LogP contribution in [0.15, 0.2) is 58.2 Å². The van der Waals surface area contributed by atoms with Gasteiger partial charge in [-0.2, -0.15) is 4.31 Å². The largest absolute Gasteiger partial charge is 0.309 e. The summed E-state index contributed by atoms with van der Waals surface area (Å²) in [7, 11) is -3.49. The smallest absolute Gasteiger partial charge is 0.258 e. The zero-order valence-corrected chi connectivity index (χ0v) is 17.3. The Morgan fingerprint density at radius 3 is 2.34 bits per heavy atom. The topological polar surface area (TPSA) is 86.4 Å². The van der Waals surface area contributed by atoms with Gasteiger partial charge in [-0.15, -0.1) is 0 Å². The SMILES string of the molecule is Cc1ccc(S(=O)(=O)N2CCN([C@H](C)c3nc4ccccc4c(=O)[nH]3)CC2)cc1. The van der Waals surface area contributed by atoms with Crippen molar-refractivity contribution in [3.8, 4) is 0 Å². The van der Waals surface area contributed by atoms with Gasteiger partial charge in [-0.3, -0.25) is 9.69 Å². The van der Waals surface area contributed by atoms with Crippen molar-refractivity contribution in [3.05, 3.63) is 70.3 Å². The number of nitrogens with one attached hydrogen (secondary N) is 1. The maximum atomic E-state index is 12.9. The highest BCUT2D eigenvalue weighted by atomic mass is 32.2. The van der Waals surface area contributed by atoms with Gasteiger partial charge < -0.3 is 4.98 Å². The summed E-state index contributed by atoms with van der Waals surface area (Å²) in [4.78, 5) is 22.3.